The van der Waals surface area contributed by atoms with Crippen molar-refractivity contribution in [2.75, 3.05) is 13.1 Å². The number of carbonyl (C=O) groups excluding carboxylic acids is 2. The van der Waals surface area contributed by atoms with E-state index in [1.165, 1.54) is 12.1 Å². The number of nitrogens with one attached hydrogen (secondary N) is 1. The summed E-state index contributed by atoms with van der Waals surface area (Å²) in [5.41, 5.74) is 3.66. The molecule has 34 heavy (non-hydrogen) atoms. The molecule has 2 aromatic heterocycles. The summed E-state index contributed by atoms with van der Waals surface area (Å²) >= 11 is 1.60. The van der Waals surface area contributed by atoms with E-state index in [1.807, 2.05) is 57.3 Å². The van der Waals surface area contributed by atoms with Crippen LogP contribution in [0.3, 0.4) is 0 Å². The van der Waals surface area contributed by atoms with Crippen molar-refractivity contribution in [2.24, 2.45) is 5.92 Å². The van der Waals surface area contributed by atoms with Crippen LogP contribution in [0.15, 0.2) is 72.1 Å². The van der Waals surface area contributed by atoms with E-state index >= 15 is 0 Å². The lowest BCUT2D eigenvalue weighted by Gasteiger charge is -2.31. The highest BCUT2D eigenvalue weighted by atomic mass is 32.1. The maximum Gasteiger partial charge on any atom is 0.270 e. The minimum Gasteiger partial charge on any atom is -0.352 e. The van der Waals surface area contributed by atoms with Crippen LogP contribution in [-0.4, -0.2) is 34.4 Å². The van der Waals surface area contributed by atoms with Crippen molar-refractivity contribution in [1.82, 2.24) is 14.8 Å². The minimum absolute atomic E-state index is 0.0198. The number of carbonyl (C=O) groups is 2. The zero-order valence-corrected chi connectivity index (χ0v) is 19.6. The molecule has 7 heteroatoms. The molecule has 2 amide bonds. The van der Waals surface area contributed by atoms with Crippen molar-refractivity contribution < 1.29 is 14.0 Å². The Balaban J connectivity index is 1.25. The predicted molar refractivity (Wildman–Crippen MR) is 132 cm³/mol. The van der Waals surface area contributed by atoms with E-state index in [-0.39, 0.29) is 23.5 Å². The molecule has 5 rings (SSSR count). The number of rotatable bonds is 6. The second-order valence-electron chi connectivity index (χ2n) is 8.68. The fourth-order valence-electron chi connectivity index (χ4n) is 4.53. The smallest absolute Gasteiger partial charge is 0.270 e. The summed E-state index contributed by atoms with van der Waals surface area (Å²) < 4.78 is 16.4. The van der Waals surface area contributed by atoms with Gasteiger partial charge in [-0.1, -0.05) is 42.5 Å². The van der Waals surface area contributed by atoms with Crippen LogP contribution < -0.4 is 5.32 Å². The summed E-state index contributed by atoms with van der Waals surface area (Å²) in [6.07, 6.45) is 1.30. The lowest BCUT2D eigenvalue weighted by atomic mass is 9.95. The summed E-state index contributed by atoms with van der Waals surface area (Å²) in [5, 5.41) is 5.04. The summed E-state index contributed by atoms with van der Waals surface area (Å²) in [4.78, 5) is 28.0. The van der Waals surface area contributed by atoms with E-state index in [0.29, 0.717) is 44.7 Å². The predicted octanol–water partition coefficient (Wildman–Crippen LogP) is 5.06. The third-order valence-electron chi connectivity index (χ3n) is 6.46. The minimum atomic E-state index is -0.274. The molecule has 174 valence electrons. The highest BCUT2D eigenvalue weighted by Gasteiger charge is 2.29. The standard InChI is InChI=1S/C27H26FN3O2S/c28-22-8-6-20(7-9-22)18-31-23-12-15-34-25(23)16-24(31)27(33)30-13-10-21(11-14-30)26(32)29-17-19-4-2-1-3-5-19/h1-9,12,15-16,21H,10-11,13-14,17-18H2,(H,29,32). The molecule has 0 radical (unpaired) electrons. The van der Waals surface area contributed by atoms with E-state index in [0.717, 1.165) is 21.3 Å². The van der Waals surface area contributed by atoms with Crippen LogP contribution in [0.4, 0.5) is 4.39 Å². The fraction of sp³-hybridized carbons (Fsp3) is 0.259. The molecule has 1 saturated heterocycles. The van der Waals surface area contributed by atoms with Gasteiger partial charge in [0, 0.05) is 32.1 Å². The number of piperidine rings is 1. The number of nitrogens with zero attached hydrogens (tertiary/aromatic N) is 2. The number of aromatic nitrogens is 1. The lowest BCUT2D eigenvalue weighted by Crippen LogP contribution is -2.43. The van der Waals surface area contributed by atoms with Crippen LogP contribution in [0.1, 0.15) is 34.5 Å². The summed E-state index contributed by atoms with van der Waals surface area (Å²) in [6, 6.07) is 20.2. The van der Waals surface area contributed by atoms with Gasteiger partial charge in [0.1, 0.15) is 11.5 Å². The van der Waals surface area contributed by atoms with Gasteiger partial charge in [-0.2, -0.15) is 0 Å². The van der Waals surface area contributed by atoms with Crippen molar-refractivity contribution in [2.45, 2.75) is 25.9 Å². The molecule has 1 aliphatic rings. The van der Waals surface area contributed by atoms with Gasteiger partial charge in [-0.3, -0.25) is 9.59 Å². The largest absolute Gasteiger partial charge is 0.352 e. The van der Waals surface area contributed by atoms with Gasteiger partial charge in [-0.05, 0) is 53.6 Å². The molecule has 4 aromatic rings. The molecule has 0 spiro atoms. The topological polar surface area (TPSA) is 54.3 Å². The van der Waals surface area contributed by atoms with E-state index in [4.69, 9.17) is 0 Å². The monoisotopic (exact) mass is 475 g/mol. The van der Waals surface area contributed by atoms with Crippen molar-refractivity contribution in [1.29, 1.82) is 0 Å². The zero-order chi connectivity index (χ0) is 23.5. The molecular formula is C27H26FN3O2S. The molecule has 2 aromatic carbocycles. The van der Waals surface area contributed by atoms with Crippen LogP contribution in [0, 0.1) is 11.7 Å². The number of hydrogen-bond acceptors (Lipinski definition) is 3. The van der Waals surface area contributed by atoms with E-state index < -0.39 is 0 Å². The Morgan fingerprint density at radius 3 is 2.44 bits per heavy atom. The first-order valence-corrected chi connectivity index (χ1v) is 12.4. The van der Waals surface area contributed by atoms with E-state index in [2.05, 4.69) is 5.32 Å². The van der Waals surface area contributed by atoms with Gasteiger partial charge in [0.2, 0.25) is 5.91 Å². The first kappa shape index (κ1) is 22.3. The number of hydrogen-bond donors (Lipinski definition) is 1. The SMILES string of the molecule is O=C(NCc1ccccc1)C1CCN(C(=O)c2cc3sccc3n2Cc2ccc(F)cc2)CC1. The Morgan fingerprint density at radius 2 is 1.71 bits per heavy atom. The normalized spacial score (nSPS) is 14.4. The average molecular weight is 476 g/mol. The highest BCUT2D eigenvalue weighted by molar-refractivity contribution is 7.17. The summed E-state index contributed by atoms with van der Waals surface area (Å²) in [6.45, 7) is 2.13. The lowest BCUT2D eigenvalue weighted by molar-refractivity contribution is -0.126. The first-order valence-electron chi connectivity index (χ1n) is 11.5. The maximum absolute atomic E-state index is 13.5. The second-order valence-corrected chi connectivity index (χ2v) is 9.63. The maximum atomic E-state index is 13.5. The molecule has 3 heterocycles. The number of likely N-dealkylation sites (tertiary alicyclic amines) is 1. The van der Waals surface area contributed by atoms with Gasteiger partial charge in [0.15, 0.2) is 0 Å². The van der Waals surface area contributed by atoms with Crippen LogP contribution in [-0.2, 0) is 17.9 Å². The summed E-state index contributed by atoms with van der Waals surface area (Å²) in [7, 11) is 0. The molecule has 1 fully saturated rings. The van der Waals surface area contributed by atoms with Gasteiger partial charge >= 0.3 is 0 Å². The van der Waals surface area contributed by atoms with Crippen molar-refractivity contribution >= 4 is 33.4 Å². The van der Waals surface area contributed by atoms with Gasteiger partial charge in [-0.15, -0.1) is 11.3 Å². The number of thiophene rings is 1. The van der Waals surface area contributed by atoms with Crippen molar-refractivity contribution in [3.63, 3.8) is 0 Å². The molecular weight excluding hydrogens is 449 g/mol. The highest BCUT2D eigenvalue weighted by Crippen LogP contribution is 2.28. The van der Waals surface area contributed by atoms with Crippen molar-refractivity contribution in [3.8, 4) is 0 Å². The second kappa shape index (κ2) is 9.81. The Labute approximate surface area is 201 Å². The Hall–Kier alpha value is -3.45. The molecule has 0 saturated carbocycles. The number of amides is 2. The Kier molecular flexibility index (Phi) is 6.45. The molecule has 0 bridgehead atoms. The third-order valence-corrected chi connectivity index (χ3v) is 7.31. The zero-order valence-electron chi connectivity index (χ0n) is 18.7. The molecule has 0 unspecified atom stereocenters. The van der Waals surface area contributed by atoms with Crippen LogP contribution >= 0.6 is 11.3 Å². The van der Waals surface area contributed by atoms with Crippen molar-refractivity contribution in [3.05, 3.63) is 94.7 Å². The van der Waals surface area contributed by atoms with Gasteiger partial charge in [0.25, 0.3) is 5.91 Å². The number of halogens is 1. The van der Waals surface area contributed by atoms with Crippen LogP contribution in [0.25, 0.3) is 10.2 Å². The van der Waals surface area contributed by atoms with Crippen LogP contribution in [0.2, 0.25) is 0 Å². The fourth-order valence-corrected chi connectivity index (χ4v) is 5.36. The molecule has 1 N–H and O–H groups in total. The molecule has 0 atom stereocenters. The molecule has 1 aliphatic heterocycles. The summed E-state index contributed by atoms with van der Waals surface area (Å²) in [5.74, 6) is -0.323. The van der Waals surface area contributed by atoms with E-state index in [9.17, 15) is 14.0 Å². The van der Waals surface area contributed by atoms with E-state index in [1.54, 1.807) is 23.5 Å². The van der Waals surface area contributed by atoms with Gasteiger partial charge in [0.05, 0.1) is 10.2 Å². The number of benzene rings is 2. The molecule has 5 nitrogen and oxygen atoms in total. The quantitative estimate of drug-likeness (QED) is 0.424. The van der Waals surface area contributed by atoms with Crippen LogP contribution in [0.5, 0.6) is 0 Å². The third kappa shape index (κ3) is 4.75. The number of fused-ring (bicyclic) bond motifs is 1. The van der Waals surface area contributed by atoms with Gasteiger partial charge < -0.3 is 14.8 Å². The Bertz CT molecular complexity index is 1290. The van der Waals surface area contributed by atoms with Gasteiger partial charge in [-0.25, -0.2) is 4.39 Å². The first-order chi connectivity index (χ1) is 16.6. The average Bonchev–Trinajstić information content (AvgIpc) is 3.47. The Morgan fingerprint density at radius 1 is 0.971 bits per heavy atom. The molecule has 0 aliphatic carbocycles.